The molecule has 2 aromatic carbocycles. The van der Waals surface area contributed by atoms with Crippen molar-refractivity contribution in [1.29, 1.82) is 10.8 Å². The molecular weight excluding hydrogens is 441 g/mol. The van der Waals surface area contributed by atoms with E-state index >= 15 is 0 Å². The van der Waals surface area contributed by atoms with Crippen LogP contribution in [0.2, 0.25) is 10.0 Å². The topological polar surface area (TPSA) is 135 Å². The predicted octanol–water partition coefficient (Wildman–Crippen LogP) is 3.75. The van der Waals surface area contributed by atoms with Gasteiger partial charge in [-0.3, -0.25) is 20.5 Å². The number of nitrogen functional groups attached to an aromatic ring is 1. The Balaban J connectivity index is 1.48. The first kappa shape index (κ1) is 21.0. The standard InChI is InChI=1S/C20H19Cl2N7O2/c21-11-5-15-18(31-27-19(15)25)17(6-11)28-4-3-12(8-28)26-20(30)14-2-1-13(7-16(14)22)29(9-23)10-24/h1-2,5-7,9-10,12,23-24H,3-4,8H2,(H2,25,27)(H,26,30)/t12-/m1/s1. The second kappa shape index (κ2) is 8.44. The highest BCUT2D eigenvalue weighted by Crippen LogP contribution is 2.35. The van der Waals surface area contributed by atoms with Gasteiger partial charge < -0.3 is 20.5 Å². The minimum atomic E-state index is -0.292. The number of hydrogen-bond acceptors (Lipinski definition) is 7. The number of anilines is 3. The molecule has 1 amide bonds. The van der Waals surface area contributed by atoms with Crippen LogP contribution in [0, 0.1) is 10.8 Å². The zero-order valence-corrected chi connectivity index (χ0v) is 17.7. The highest BCUT2D eigenvalue weighted by molar-refractivity contribution is 6.34. The van der Waals surface area contributed by atoms with Crippen molar-refractivity contribution in [3.63, 3.8) is 0 Å². The summed E-state index contributed by atoms with van der Waals surface area (Å²) in [4.78, 5) is 16.1. The van der Waals surface area contributed by atoms with Crippen LogP contribution in [0.15, 0.2) is 34.9 Å². The zero-order valence-electron chi connectivity index (χ0n) is 16.2. The van der Waals surface area contributed by atoms with Gasteiger partial charge in [-0.25, -0.2) is 0 Å². The van der Waals surface area contributed by atoms with E-state index in [0.717, 1.165) is 24.8 Å². The molecule has 0 radical (unpaired) electrons. The molecule has 1 aliphatic rings. The number of halogens is 2. The Bertz CT molecular complexity index is 1170. The maximum absolute atomic E-state index is 12.8. The van der Waals surface area contributed by atoms with Gasteiger partial charge in [-0.15, -0.1) is 0 Å². The average Bonchev–Trinajstić information content (AvgIpc) is 3.35. The summed E-state index contributed by atoms with van der Waals surface area (Å²) in [6.45, 7) is 1.26. The molecule has 160 valence electrons. The number of carbonyl (C=O) groups is 1. The number of aromatic nitrogens is 1. The van der Waals surface area contributed by atoms with Crippen LogP contribution in [0.1, 0.15) is 16.8 Å². The highest BCUT2D eigenvalue weighted by Gasteiger charge is 2.28. The number of hydrogen-bond donors (Lipinski definition) is 4. The second-order valence-electron chi connectivity index (χ2n) is 7.10. The maximum Gasteiger partial charge on any atom is 0.253 e. The Kier molecular flexibility index (Phi) is 5.71. The fourth-order valence-electron chi connectivity index (χ4n) is 3.64. The highest BCUT2D eigenvalue weighted by atomic mass is 35.5. The van der Waals surface area contributed by atoms with Crippen molar-refractivity contribution in [3.8, 4) is 0 Å². The van der Waals surface area contributed by atoms with Crippen LogP contribution in [-0.2, 0) is 0 Å². The molecule has 11 heteroatoms. The smallest absolute Gasteiger partial charge is 0.253 e. The van der Waals surface area contributed by atoms with Crippen molar-refractivity contribution in [3.05, 3.63) is 45.9 Å². The van der Waals surface area contributed by atoms with E-state index in [0.29, 0.717) is 40.3 Å². The number of benzene rings is 2. The first-order chi connectivity index (χ1) is 14.9. The van der Waals surface area contributed by atoms with E-state index in [9.17, 15) is 4.79 Å². The summed E-state index contributed by atoms with van der Waals surface area (Å²) < 4.78 is 5.38. The molecule has 5 N–H and O–H groups in total. The lowest BCUT2D eigenvalue weighted by atomic mass is 10.1. The molecule has 2 heterocycles. The summed E-state index contributed by atoms with van der Waals surface area (Å²) in [6.07, 6.45) is 2.70. The summed E-state index contributed by atoms with van der Waals surface area (Å²) in [5, 5.41) is 22.9. The summed E-state index contributed by atoms with van der Waals surface area (Å²) >= 11 is 12.5. The molecular formula is C20H19Cl2N7O2. The Labute approximate surface area is 187 Å². The Hall–Kier alpha value is -3.30. The molecule has 1 atom stereocenters. The van der Waals surface area contributed by atoms with E-state index < -0.39 is 0 Å². The molecule has 4 rings (SSSR count). The number of nitrogens with zero attached hydrogens (tertiary/aromatic N) is 3. The van der Waals surface area contributed by atoms with Gasteiger partial charge in [0.05, 0.1) is 34.3 Å². The lowest BCUT2D eigenvalue weighted by Crippen LogP contribution is -2.37. The number of amides is 1. The summed E-state index contributed by atoms with van der Waals surface area (Å²) in [6, 6.07) is 8.17. The first-order valence-electron chi connectivity index (χ1n) is 9.40. The van der Waals surface area contributed by atoms with Crippen molar-refractivity contribution < 1.29 is 9.32 Å². The minimum absolute atomic E-state index is 0.0998. The van der Waals surface area contributed by atoms with E-state index in [1.54, 1.807) is 30.3 Å². The monoisotopic (exact) mass is 459 g/mol. The molecule has 1 aliphatic heterocycles. The largest absolute Gasteiger partial charge is 0.380 e. The van der Waals surface area contributed by atoms with Crippen LogP contribution in [0.4, 0.5) is 17.2 Å². The second-order valence-corrected chi connectivity index (χ2v) is 7.95. The number of fused-ring (bicyclic) bond motifs is 1. The lowest BCUT2D eigenvalue weighted by Gasteiger charge is -2.19. The van der Waals surface area contributed by atoms with Crippen LogP contribution in [-0.4, -0.2) is 42.9 Å². The van der Waals surface area contributed by atoms with Crippen LogP contribution < -0.4 is 20.9 Å². The van der Waals surface area contributed by atoms with Gasteiger partial charge in [-0.05, 0) is 36.8 Å². The van der Waals surface area contributed by atoms with Gasteiger partial charge in [-0.2, -0.15) is 0 Å². The third-order valence-electron chi connectivity index (χ3n) is 5.18. The Morgan fingerprint density at radius 1 is 1.29 bits per heavy atom. The van der Waals surface area contributed by atoms with Crippen molar-refractivity contribution in [2.24, 2.45) is 0 Å². The fourth-order valence-corrected chi connectivity index (χ4v) is 4.11. The van der Waals surface area contributed by atoms with Gasteiger partial charge in [0.1, 0.15) is 0 Å². The van der Waals surface area contributed by atoms with Crippen LogP contribution in [0.3, 0.4) is 0 Å². The number of nitrogens with one attached hydrogen (secondary N) is 3. The summed E-state index contributed by atoms with van der Waals surface area (Å²) in [7, 11) is 0. The molecule has 0 unspecified atom stereocenters. The maximum atomic E-state index is 12.8. The van der Waals surface area contributed by atoms with Crippen LogP contribution >= 0.6 is 23.2 Å². The van der Waals surface area contributed by atoms with Crippen LogP contribution in [0.5, 0.6) is 0 Å². The fraction of sp³-hybridized carbons (Fsp3) is 0.200. The molecule has 3 aromatic rings. The molecule has 1 aromatic heterocycles. The normalized spacial score (nSPS) is 15.8. The number of rotatable bonds is 6. The van der Waals surface area contributed by atoms with E-state index in [1.807, 2.05) is 0 Å². The third-order valence-corrected chi connectivity index (χ3v) is 5.71. The van der Waals surface area contributed by atoms with Gasteiger partial charge in [0.2, 0.25) is 0 Å². The van der Waals surface area contributed by atoms with Crippen molar-refractivity contribution in [1.82, 2.24) is 10.5 Å². The molecule has 0 saturated carbocycles. The van der Waals surface area contributed by atoms with E-state index in [1.165, 1.54) is 4.90 Å². The van der Waals surface area contributed by atoms with Crippen molar-refractivity contribution in [2.75, 3.05) is 28.6 Å². The molecule has 1 fully saturated rings. The Morgan fingerprint density at radius 3 is 2.77 bits per heavy atom. The van der Waals surface area contributed by atoms with Crippen LogP contribution in [0.25, 0.3) is 11.0 Å². The number of carbonyl (C=O) groups excluding carboxylic acids is 1. The molecule has 9 nitrogen and oxygen atoms in total. The van der Waals surface area contributed by atoms with Crippen molar-refractivity contribution >= 4 is 69.9 Å². The molecule has 0 bridgehead atoms. The quantitative estimate of drug-likeness (QED) is 0.327. The lowest BCUT2D eigenvalue weighted by molar-refractivity contribution is 0.0940. The van der Waals surface area contributed by atoms with Gasteiger partial charge in [0.15, 0.2) is 11.4 Å². The van der Waals surface area contributed by atoms with Crippen molar-refractivity contribution in [2.45, 2.75) is 12.5 Å². The van der Waals surface area contributed by atoms with Gasteiger partial charge in [0, 0.05) is 29.8 Å². The summed E-state index contributed by atoms with van der Waals surface area (Å²) in [5.74, 6) is -0.00899. The molecule has 31 heavy (non-hydrogen) atoms. The van der Waals surface area contributed by atoms with E-state index in [-0.39, 0.29) is 22.8 Å². The third kappa shape index (κ3) is 4.01. The van der Waals surface area contributed by atoms with Gasteiger partial charge in [0.25, 0.3) is 5.91 Å². The van der Waals surface area contributed by atoms with Gasteiger partial charge in [-0.1, -0.05) is 28.4 Å². The van der Waals surface area contributed by atoms with E-state index in [2.05, 4.69) is 15.4 Å². The summed E-state index contributed by atoms with van der Waals surface area (Å²) in [5.41, 5.74) is 8.05. The number of nitrogens with two attached hydrogens (primary N) is 1. The predicted molar refractivity (Wildman–Crippen MR) is 123 cm³/mol. The zero-order chi connectivity index (χ0) is 22.1. The van der Waals surface area contributed by atoms with E-state index in [4.69, 9.17) is 44.3 Å². The molecule has 1 saturated heterocycles. The molecule has 0 aliphatic carbocycles. The minimum Gasteiger partial charge on any atom is -0.380 e. The average molecular weight is 460 g/mol. The van der Waals surface area contributed by atoms with Gasteiger partial charge >= 0.3 is 0 Å². The SMILES string of the molecule is N=CN(C=N)c1ccc(C(=O)N[C@@H]2CCN(c3cc(Cl)cc4c(N)noc34)C2)c(Cl)c1. The molecule has 0 spiro atoms. The first-order valence-corrected chi connectivity index (χ1v) is 10.2. The Morgan fingerprint density at radius 2 is 2.06 bits per heavy atom.